The third kappa shape index (κ3) is 3.97. The predicted octanol–water partition coefficient (Wildman–Crippen LogP) is 5.07. The number of fused-ring (bicyclic) bond motifs is 1. The van der Waals surface area contributed by atoms with Crippen molar-refractivity contribution in [3.8, 4) is 16.9 Å². The normalized spacial score (nSPS) is 18.8. The number of ether oxygens (including phenoxy) is 1. The van der Waals surface area contributed by atoms with Gasteiger partial charge in [-0.1, -0.05) is 42.0 Å². The van der Waals surface area contributed by atoms with Gasteiger partial charge in [-0.15, -0.1) is 0 Å². The van der Waals surface area contributed by atoms with Crippen molar-refractivity contribution in [1.82, 2.24) is 14.9 Å². The van der Waals surface area contributed by atoms with Crippen molar-refractivity contribution in [2.75, 3.05) is 19.7 Å². The minimum Gasteiger partial charge on any atom is -0.493 e. The first-order valence-corrected chi connectivity index (χ1v) is 11.0. The molecule has 0 amide bonds. The van der Waals surface area contributed by atoms with Crippen molar-refractivity contribution in [2.24, 2.45) is 0 Å². The van der Waals surface area contributed by atoms with E-state index >= 15 is 0 Å². The summed E-state index contributed by atoms with van der Waals surface area (Å²) < 4.78 is 5.67. The lowest BCUT2D eigenvalue weighted by Gasteiger charge is -2.33. The number of hydrogen-bond acceptors (Lipinski definition) is 4. The van der Waals surface area contributed by atoms with Crippen LogP contribution in [0.1, 0.15) is 47.0 Å². The smallest absolute Gasteiger partial charge is 0.125 e. The van der Waals surface area contributed by atoms with Gasteiger partial charge in [-0.2, -0.15) is 0 Å². The maximum absolute atomic E-state index is 5.67. The third-order valence-corrected chi connectivity index (χ3v) is 6.32. The summed E-state index contributed by atoms with van der Waals surface area (Å²) >= 11 is 0. The largest absolute Gasteiger partial charge is 0.493 e. The van der Waals surface area contributed by atoms with Crippen molar-refractivity contribution in [2.45, 2.75) is 45.6 Å². The molecule has 2 aromatic carbocycles. The van der Waals surface area contributed by atoms with Crippen LogP contribution in [0.15, 0.2) is 48.7 Å². The van der Waals surface area contributed by atoms with Gasteiger partial charge in [-0.05, 0) is 56.0 Å². The van der Waals surface area contributed by atoms with Crippen LogP contribution in [0, 0.1) is 13.8 Å². The molecule has 4 heteroatoms. The van der Waals surface area contributed by atoms with Gasteiger partial charge in [-0.25, -0.2) is 9.97 Å². The first kappa shape index (κ1) is 19.3. The van der Waals surface area contributed by atoms with E-state index in [0.717, 1.165) is 44.2 Å². The summed E-state index contributed by atoms with van der Waals surface area (Å²) in [5.74, 6) is 2.36. The number of aromatic nitrogens is 2. The van der Waals surface area contributed by atoms with Crippen LogP contribution in [0.5, 0.6) is 5.75 Å². The second-order valence-electron chi connectivity index (χ2n) is 8.70. The van der Waals surface area contributed by atoms with Gasteiger partial charge in [0.1, 0.15) is 11.6 Å². The molecule has 5 rings (SSSR count). The van der Waals surface area contributed by atoms with Crippen LogP contribution >= 0.6 is 0 Å². The van der Waals surface area contributed by atoms with Crippen molar-refractivity contribution in [3.63, 3.8) is 0 Å². The highest BCUT2D eigenvalue weighted by molar-refractivity contribution is 5.66. The van der Waals surface area contributed by atoms with E-state index in [-0.39, 0.29) is 0 Å². The van der Waals surface area contributed by atoms with E-state index in [1.54, 1.807) is 0 Å². The molecule has 30 heavy (non-hydrogen) atoms. The van der Waals surface area contributed by atoms with Crippen LogP contribution in [0.25, 0.3) is 11.1 Å². The SMILES string of the molecule is Cc1cccc(-c2cnc(C)nc2C2CCCN(Cc3ccc4c(c3)CCO4)C2)c1. The molecule has 1 saturated heterocycles. The molecule has 0 saturated carbocycles. The molecule has 154 valence electrons. The van der Waals surface area contributed by atoms with Crippen molar-refractivity contribution in [3.05, 3.63) is 76.9 Å². The van der Waals surface area contributed by atoms with Gasteiger partial charge < -0.3 is 4.74 Å². The molecule has 1 unspecified atom stereocenters. The monoisotopic (exact) mass is 399 g/mol. The maximum atomic E-state index is 5.67. The lowest BCUT2D eigenvalue weighted by molar-refractivity contribution is 0.198. The molecule has 0 N–H and O–H groups in total. The zero-order chi connectivity index (χ0) is 20.5. The summed E-state index contributed by atoms with van der Waals surface area (Å²) in [6.45, 7) is 8.14. The molecule has 1 atom stereocenters. The Hall–Kier alpha value is -2.72. The van der Waals surface area contributed by atoms with E-state index in [1.807, 2.05) is 13.1 Å². The lowest BCUT2D eigenvalue weighted by atomic mass is 9.89. The number of benzene rings is 2. The Kier molecular flexibility index (Phi) is 5.26. The molecule has 3 aromatic rings. The van der Waals surface area contributed by atoms with Crippen LogP contribution in [0.3, 0.4) is 0 Å². The van der Waals surface area contributed by atoms with Crippen molar-refractivity contribution < 1.29 is 4.74 Å². The van der Waals surface area contributed by atoms with Crippen molar-refractivity contribution >= 4 is 0 Å². The van der Waals surface area contributed by atoms with Gasteiger partial charge in [0.25, 0.3) is 0 Å². The third-order valence-electron chi connectivity index (χ3n) is 6.32. The average Bonchev–Trinajstić information content (AvgIpc) is 3.22. The topological polar surface area (TPSA) is 38.2 Å². The number of likely N-dealkylation sites (tertiary alicyclic amines) is 1. The van der Waals surface area contributed by atoms with Gasteiger partial charge in [0.05, 0.1) is 12.3 Å². The molecule has 4 nitrogen and oxygen atoms in total. The second kappa shape index (κ2) is 8.19. The summed E-state index contributed by atoms with van der Waals surface area (Å²) in [6, 6.07) is 15.4. The fraction of sp³-hybridized carbons (Fsp3) is 0.385. The molecule has 2 aliphatic rings. The fourth-order valence-electron chi connectivity index (χ4n) is 4.85. The van der Waals surface area contributed by atoms with E-state index < -0.39 is 0 Å². The first-order valence-electron chi connectivity index (χ1n) is 11.0. The Morgan fingerprint density at radius 3 is 2.97 bits per heavy atom. The van der Waals surface area contributed by atoms with Crippen LogP contribution < -0.4 is 4.74 Å². The Labute approximate surface area is 178 Å². The van der Waals surface area contributed by atoms with E-state index in [9.17, 15) is 0 Å². The first-order chi connectivity index (χ1) is 14.7. The summed E-state index contributed by atoms with van der Waals surface area (Å²) in [5.41, 5.74) is 7.63. The molecular formula is C26H29N3O. The fourth-order valence-corrected chi connectivity index (χ4v) is 4.85. The number of aryl methyl sites for hydroxylation is 2. The zero-order valence-electron chi connectivity index (χ0n) is 17.9. The quantitative estimate of drug-likeness (QED) is 0.614. The molecule has 3 heterocycles. The van der Waals surface area contributed by atoms with Gasteiger partial charge in [0.2, 0.25) is 0 Å². The molecular weight excluding hydrogens is 370 g/mol. The molecule has 2 aliphatic heterocycles. The van der Waals surface area contributed by atoms with Crippen LogP contribution in [0.2, 0.25) is 0 Å². The predicted molar refractivity (Wildman–Crippen MR) is 120 cm³/mol. The van der Waals surface area contributed by atoms with Gasteiger partial charge in [0, 0.05) is 37.2 Å². The van der Waals surface area contributed by atoms with E-state index in [0.29, 0.717) is 5.92 Å². The summed E-state index contributed by atoms with van der Waals surface area (Å²) in [5, 5.41) is 0. The Morgan fingerprint density at radius 1 is 1.13 bits per heavy atom. The molecule has 0 aliphatic carbocycles. The Bertz CT molecular complexity index is 1060. The van der Waals surface area contributed by atoms with Gasteiger partial charge in [-0.3, -0.25) is 4.90 Å². The highest BCUT2D eigenvalue weighted by Crippen LogP contribution is 2.34. The summed E-state index contributed by atoms with van der Waals surface area (Å²) in [6.07, 6.45) is 5.44. The minimum absolute atomic E-state index is 0.439. The summed E-state index contributed by atoms with van der Waals surface area (Å²) in [4.78, 5) is 12.0. The van der Waals surface area contributed by atoms with Gasteiger partial charge in [0.15, 0.2) is 0 Å². The van der Waals surface area contributed by atoms with Crippen LogP contribution in [-0.2, 0) is 13.0 Å². The highest BCUT2D eigenvalue weighted by Gasteiger charge is 2.26. The lowest BCUT2D eigenvalue weighted by Crippen LogP contribution is -2.34. The Balaban J connectivity index is 1.39. The number of hydrogen-bond donors (Lipinski definition) is 0. The number of rotatable bonds is 4. The molecule has 0 spiro atoms. The second-order valence-corrected chi connectivity index (χ2v) is 8.70. The molecule has 1 aromatic heterocycles. The standard InChI is InChI=1S/C26H29N3O/c1-18-5-3-6-21(13-18)24-15-27-19(2)28-26(24)23-7-4-11-29(17-23)16-20-8-9-25-22(14-20)10-12-30-25/h3,5-6,8-9,13-15,23H,4,7,10-12,16-17H2,1-2H3. The number of nitrogens with zero attached hydrogens (tertiary/aromatic N) is 3. The van der Waals surface area contributed by atoms with Crippen LogP contribution in [0.4, 0.5) is 0 Å². The zero-order valence-corrected chi connectivity index (χ0v) is 17.9. The Morgan fingerprint density at radius 2 is 2.07 bits per heavy atom. The van der Waals surface area contributed by atoms with E-state index in [4.69, 9.17) is 9.72 Å². The van der Waals surface area contributed by atoms with E-state index in [2.05, 4.69) is 59.3 Å². The van der Waals surface area contributed by atoms with Crippen LogP contribution in [-0.4, -0.2) is 34.6 Å². The molecule has 1 fully saturated rings. The summed E-state index contributed by atoms with van der Waals surface area (Å²) in [7, 11) is 0. The number of piperidine rings is 1. The average molecular weight is 400 g/mol. The van der Waals surface area contributed by atoms with E-state index in [1.165, 1.54) is 46.4 Å². The maximum Gasteiger partial charge on any atom is 0.125 e. The minimum atomic E-state index is 0.439. The van der Waals surface area contributed by atoms with Crippen molar-refractivity contribution in [1.29, 1.82) is 0 Å². The molecule has 0 bridgehead atoms. The van der Waals surface area contributed by atoms with Gasteiger partial charge >= 0.3 is 0 Å². The highest BCUT2D eigenvalue weighted by atomic mass is 16.5. The molecule has 0 radical (unpaired) electrons.